The number of carbonyl (C=O) groups excluding carboxylic acids is 1. The van der Waals surface area contributed by atoms with Crippen LogP contribution in [-0.4, -0.2) is 35.7 Å². The molecule has 1 saturated carbocycles. The number of rotatable bonds is 8. The van der Waals surface area contributed by atoms with E-state index in [1.807, 2.05) is 24.3 Å². The molecule has 0 aliphatic heterocycles. The fourth-order valence-corrected chi connectivity index (χ4v) is 3.52. The third-order valence-corrected chi connectivity index (χ3v) is 5.36. The zero-order valence-electron chi connectivity index (χ0n) is 13.9. The van der Waals surface area contributed by atoms with Crippen LogP contribution in [0, 0.1) is 5.41 Å². The quantitative estimate of drug-likeness (QED) is 0.756. The average molecular weight is 360 g/mol. The maximum absolute atomic E-state index is 12.4. The number of benzene rings is 1. The second-order valence-electron chi connectivity index (χ2n) is 6.25. The predicted molar refractivity (Wildman–Crippen MR) is 94.5 cm³/mol. The van der Waals surface area contributed by atoms with Gasteiger partial charge in [0.15, 0.2) is 5.69 Å². The Balaban J connectivity index is 1.64. The highest BCUT2D eigenvalue weighted by molar-refractivity contribution is 7.13. The van der Waals surface area contributed by atoms with Crippen molar-refractivity contribution in [2.45, 2.75) is 25.8 Å². The minimum absolute atomic E-state index is 0.0486. The van der Waals surface area contributed by atoms with Crippen molar-refractivity contribution in [1.29, 1.82) is 0 Å². The second-order valence-corrected chi connectivity index (χ2v) is 7.11. The highest BCUT2D eigenvalue weighted by Gasteiger charge is 2.48. The van der Waals surface area contributed by atoms with Gasteiger partial charge in [0.2, 0.25) is 5.91 Å². The number of carboxylic acid groups (broad SMARTS) is 1. The molecule has 25 heavy (non-hydrogen) atoms. The fourth-order valence-electron chi connectivity index (χ4n) is 2.73. The number of nitrogens with one attached hydrogen (secondary N) is 1. The van der Waals surface area contributed by atoms with Crippen LogP contribution in [0.5, 0.6) is 0 Å². The summed E-state index contributed by atoms with van der Waals surface area (Å²) >= 11 is 1.29. The van der Waals surface area contributed by atoms with E-state index < -0.39 is 5.97 Å². The number of carboxylic acids is 1. The molecule has 1 heterocycles. The normalized spacial score (nSPS) is 14.9. The standard InChI is InChI=1S/C18H20N2O4S/c1-24-8-7-18(5-6-18)17(23)19-10-12-3-2-4-13(9-12)15-20-14(11-25-15)16(21)22/h2-4,9,11H,5-8,10H2,1H3,(H,19,23)(H,21,22). The van der Waals surface area contributed by atoms with Gasteiger partial charge in [-0.3, -0.25) is 4.79 Å². The Hall–Kier alpha value is -2.25. The van der Waals surface area contributed by atoms with Crippen LogP contribution in [-0.2, 0) is 16.1 Å². The number of carbonyl (C=O) groups is 2. The molecule has 0 bridgehead atoms. The molecule has 0 radical (unpaired) electrons. The first-order valence-electron chi connectivity index (χ1n) is 8.09. The van der Waals surface area contributed by atoms with Gasteiger partial charge in [0, 0.05) is 31.2 Å². The largest absolute Gasteiger partial charge is 0.476 e. The van der Waals surface area contributed by atoms with Crippen LogP contribution in [0.3, 0.4) is 0 Å². The molecule has 1 fully saturated rings. The van der Waals surface area contributed by atoms with Crippen molar-refractivity contribution < 1.29 is 19.4 Å². The van der Waals surface area contributed by atoms with E-state index in [4.69, 9.17) is 9.84 Å². The van der Waals surface area contributed by atoms with E-state index in [-0.39, 0.29) is 17.0 Å². The van der Waals surface area contributed by atoms with E-state index >= 15 is 0 Å². The van der Waals surface area contributed by atoms with Gasteiger partial charge >= 0.3 is 5.97 Å². The molecule has 1 aliphatic carbocycles. The minimum atomic E-state index is -1.03. The van der Waals surface area contributed by atoms with Gasteiger partial charge < -0.3 is 15.2 Å². The molecular formula is C18H20N2O4S. The third-order valence-electron chi connectivity index (χ3n) is 4.47. The van der Waals surface area contributed by atoms with Gasteiger partial charge in [-0.05, 0) is 30.9 Å². The van der Waals surface area contributed by atoms with Crippen LogP contribution < -0.4 is 5.32 Å². The summed E-state index contributed by atoms with van der Waals surface area (Å²) in [5.74, 6) is -0.950. The smallest absolute Gasteiger partial charge is 0.355 e. The number of aromatic carboxylic acids is 1. The summed E-state index contributed by atoms with van der Waals surface area (Å²) in [6.07, 6.45) is 2.59. The Morgan fingerprint density at radius 2 is 2.20 bits per heavy atom. The minimum Gasteiger partial charge on any atom is -0.476 e. The number of nitrogens with zero attached hydrogens (tertiary/aromatic N) is 1. The summed E-state index contributed by atoms with van der Waals surface area (Å²) in [6.45, 7) is 1.04. The molecule has 0 saturated heterocycles. The lowest BCUT2D eigenvalue weighted by Gasteiger charge is -2.15. The second kappa shape index (κ2) is 7.33. The van der Waals surface area contributed by atoms with E-state index in [0.717, 1.165) is 30.4 Å². The Kier molecular flexibility index (Phi) is 5.15. The summed E-state index contributed by atoms with van der Waals surface area (Å²) in [4.78, 5) is 27.5. The van der Waals surface area contributed by atoms with Crippen LogP contribution >= 0.6 is 11.3 Å². The Labute approximate surface area is 149 Å². The SMILES string of the molecule is COCCC1(C(=O)NCc2cccc(-c3nc(C(=O)O)cs3)c2)CC1. The lowest BCUT2D eigenvalue weighted by molar-refractivity contribution is -0.127. The lowest BCUT2D eigenvalue weighted by Crippen LogP contribution is -2.32. The monoisotopic (exact) mass is 360 g/mol. The summed E-state index contributed by atoms with van der Waals surface area (Å²) in [6, 6.07) is 7.64. The Morgan fingerprint density at radius 3 is 2.84 bits per heavy atom. The molecule has 2 aromatic rings. The van der Waals surface area contributed by atoms with Crippen molar-refractivity contribution in [3.05, 3.63) is 40.9 Å². The zero-order valence-corrected chi connectivity index (χ0v) is 14.8. The maximum atomic E-state index is 12.4. The maximum Gasteiger partial charge on any atom is 0.355 e. The van der Waals surface area contributed by atoms with Crippen molar-refractivity contribution in [3.63, 3.8) is 0 Å². The summed E-state index contributed by atoms with van der Waals surface area (Å²) in [5, 5.41) is 14.2. The molecule has 0 atom stereocenters. The summed E-state index contributed by atoms with van der Waals surface area (Å²) in [7, 11) is 1.65. The molecule has 3 rings (SSSR count). The molecule has 132 valence electrons. The highest BCUT2D eigenvalue weighted by atomic mass is 32.1. The highest BCUT2D eigenvalue weighted by Crippen LogP contribution is 2.49. The van der Waals surface area contributed by atoms with Gasteiger partial charge in [-0.2, -0.15) is 0 Å². The van der Waals surface area contributed by atoms with Crippen LogP contribution in [0.4, 0.5) is 0 Å². The third kappa shape index (κ3) is 4.05. The molecule has 1 amide bonds. The molecule has 1 aromatic carbocycles. The number of hydrogen-bond acceptors (Lipinski definition) is 5. The number of hydrogen-bond donors (Lipinski definition) is 2. The van der Waals surface area contributed by atoms with E-state index in [9.17, 15) is 9.59 Å². The molecule has 1 aliphatic rings. The molecule has 6 nitrogen and oxygen atoms in total. The lowest BCUT2D eigenvalue weighted by atomic mass is 10.0. The van der Waals surface area contributed by atoms with Gasteiger partial charge in [0.05, 0.1) is 5.41 Å². The first-order valence-corrected chi connectivity index (χ1v) is 8.97. The van der Waals surface area contributed by atoms with Gasteiger partial charge in [0.1, 0.15) is 5.01 Å². The molecule has 2 N–H and O–H groups in total. The Bertz CT molecular complexity index is 783. The van der Waals surface area contributed by atoms with Crippen molar-refractivity contribution in [2.24, 2.45) is 5.41 Å². The van der Waals surface area contributed by atoms with E-state index in [2.05, 4.69) is 10.3 Å². The Morgan fingerprint density at radius 1 is 1.40 bits per heavy atom. The molecule has 0 spiro atoms. The zero-order chi connectivity index (χ0) is 17.9. The number of amides is 1. The van der Waals surface area contributed by atoms with Crippen LogP contribution in [0.2, 0.25) is 0 Å². The predicted octanol–water partition coefficient (Wildman–Crippen LogP) is 2.94. The number of aromatic nitrogens is 1. The molecule has 1 aromatic heterocycles. The molecule has 0 unspecified atom stereocenters. The number of ether oxygens (including phenoxy) is 1. The van der Waals surface area contributed by atoms with Crippen LogP contribution in [0.15, 0.2) is 29.6 Å². The van der Waals surface area contributed by atoms with Gasteiger partial charge in [-0.25, -0.2) is 9.78 Å². The molecule has 7 heteroatoms. The topological polar surface area (TPSA) is 88.5 Å². The van der Waals surface area contributed by atoms with E-state index in [0.29, 0.717) is 18.2 Å². The van der Waals surface area contributed by atoms with Gasteiger partial charge in [-0.1, -0.05) is 18.2 Å². The van der Waals surface area contributed by atoms with Crippen molar-refractivity contribution in [1.82, 2.24) is 10.3 Å². The summed E-state index contributed by atoms with van der Waals surface area (Å²) < 4.78 is 5.09. The van der Waals surface area contributed by atoms with Crippen molar-refractivity contribution in [3.8, 4) is 10.6 Å². The first kappa shape index (κ1) is 17.6. The van der Waals surface area contributed by atoms with Gasteiger partial charge in [-0.15, -0.1) is 11.3 Å². The fraction of sp³-hybridized carbons (Fsp3) is 0.389. The first-order chi connectivity index (χ1) is 12.0. The van der Waals surface area contributed by atoms with E-state index in [1.165, 1.54) is 16.7 Å². The van der Waals surface area contributed by atoms with Crippen LogP contribution in [0.25, 0.3) is 10.6 Å². The van der Waals surface area contributed by atoms with E-state index in [1.54, 1.807) is 7.11 Å². The van der Waals surface area contributed by atoms with Gasteiger partial charge in [0.25, 0.3) is 0 Å². The number of thiazole rings is 1. The average Bonchev–Trinajstić information content (AvgIpc) is 3.24. The summed E-state index contributed by atoms with van der Waals surface area (Å²) in [5.41, 5.74) is 1.61. The van der Waals surface area contributed by atoms with Crippen molar-refractivity contribution >= 4 is 23.2 Å². The van der Waals surface area contributed by atoms with Crippen LogP contribution in [0.1, 0.15) is 35.3 Å². The number of methoxy groups -OCH3 is 1. The van der Waals surface area contributed by atoms with Crippen molar-refractivity contribution in [2.75, 3.05) is 13.7 Å². The molecular weight excluding hydrogens is 340 g/mol.